The van der Waals surface area contributed by atoms with Crippen molar-refractivity contribution in [2.45, 2.75) is 56.1 Å². The van der Waals surface area contributed by atoms with Gasteiger partial charge in [0.25, 0.3) is 0 Å². The maximum atomic E-state index is 12.3. The van der Waals surface area contributed by atoms with E-state index in [4.69, 9.17) is 4.52 Å². The Labute approximate surface area is 168 Å². The number of amides is 1. The highest BCUT2D eigenvalue weighted by Gasteiger charge is 2.23. The molecule has 3 aromatic rings. The second-order valence-electron chi connectivity index (χ2n) is 7.17. The molecule has 7 nitrogen and oxygen atoms in total. The average molecular weight is 400 g/mol. The Balaban J connectivity index is 1.29. The molecule has 1 amide bonds. The molecule has 0 unspecified atom stereocenters. The van der Waals surface area contributed by atoms with Gasteiger partial charge in [-0.1, -0.05) is 41.9 Å². The third-order valence-corrected chi connectivity index (χ3v) is 5.93. The molecular weight excluding hydrogens is 374 g/mol. The summed E-state index contributed by atoms with van der Waals surface area (Å²) in [6, 6.07) is 8.12. The highest BCUT2D eigenvalue weighted by atomic mass is 32.2. The number of thioether (sulfide) groups is 1. The van der Waals surface area contributed by atoms with Crippen LogP contribution in [0, 0.1) is 0 Å². The number of fused-ring (bicyclic) bond motifs is 1. The van der Waals surface area contributed by atoms with E-state index in [-0.39, 0.29) is 12.3 Å². The zero-order valence-corrected chi connectivity index (χ0v) is 16.9. The first kappa shape index (κ1) is 19.0. The first-order valence-corrected chi connectivity index (χ1v) is 11.1. The number of hydrogen-bond donors (Lipinski definition) is 1. The number of benzene rings is 1. The summed E-state index contributed by atoms with van der Waals surface area (Å²) < 4.78 is 7.58. The summed E-state index contributed by atoms with van der Waals surface area (Å²) in [5, 5.41) is 17.6. The van der Waals surface area contributed by atoms with E-state index < -0.39 is 0 Å². The van der Waals surface area contributed by atoms with Gasteiger partial charge in [0, 0.05) is 24.4 Å². The van der Waals surface area contributed by atoms with Crippen LogP contribution in [0.1, 0.15) is 49.7 Å². The monoisotopic (exact) mass is 399 g/mol. The van der Waals surface area contributed by atoms with Crippen LogP contribution < -0.4 is 5.32 Å². The van der Waals surface area contributed by atoms with Crippen molar-refractivity contribution in [3.05, 3.63) is 35.8 Å². The summed E-state index contributed by atoms with van der Waals surface area (Å²) in [6.45, 7) is 0.612. The molecule has 1 aliphatic carbocycles. The fourth-order valence-corrected chi connectivity index (χ4v) is 4.47. The fourth-order valence-electron chi connectivity index (χ4n) is 3.90. The van der Waals surface area contributed by atoms with Crippen LogP contribution in [0.3, 0.4) is 0 Å². The number of hydrogen-bond acceptors (Lipinski definition) is 6. The Morgan fingerprint density at radius 2 is 2.11 bits per heavy atom. The minimum atomic E-state index is -0.0406. The van der Waals surface area contributed by atoms with Crippen molar-refractivity contribution in [1.82, 2.24) is 25.2 Å². The maximum absolute atomic E-state index is 12.3. The zero-order chi connectivity index (χ0) is 19.3. The Hall–Kier alpha value is -2.35. The van der Waals surface area contributed by atoms with Crippen LogP contribution in [-0.2, 0) is 17.6 Å². The number of aromatic nitrogens is 4. The molecule has 0 spiro atoms. The summed E-state index contributed by atoms with van der Waals surface area (Å²) in [6.07, 6.45) is 8.91. The number of nitrogens with one attached hydrogen (secondary N) is 1. The summed E-state index contributed by atoms with van der Waals surface area (Å²) >= 11 is 1.65. The molecule has 2 heterocycles. The first-order valence-electron chi connectivity index (χ1n) is 9.84. The molecule has 4 rings (SSSR count). The molecule has 0 bridgehead atoms. The summed E-state index contributed by atoms with van der Waals surface area (Å²) in [5.41, 5.74) is 1.39. The van der Waals surface area contributed by atoms with Gasteiger partial charge in [0.15, 0.2) is 10.7 Å². The van der Waals surface area contributed by atoms with E-state index in [9.17, 15) is 4.79 Å². The molecule has 0 atom stereocenters. The van der Waals surface area contributed by atoms with E-state index in [0.717, 1.165) is 29.2 Å². The molecule has 1 aliphatic rings. The Morgan fingerprint density at radius 1 is 1.29 bits per heavy atom. The Kier molecular flexibility index (Phi) is 5.95. The Morgan fingerprint density at radius 3 is 2.93 bits per heavy atom. The predicted octanol–water partition coefficient (Wildman–Crippen LogP) is 3.55. The van der Waals surface area contributed by atoms with Crippen LogP contribution in [0.2, 0.25) is 0 Å². The molecule has 1 N–H and O–H groups in total. The second kappa shape index (κ2) is 8.77. The molecule has 0 saturated heterocycles. The zero-order valence-electron chi connectivity index (χ0n) is 16.1. The number of carbonyl (C=O) groups is 1. The SMILES string of the molecule is CSc1nnc(CCCNC(=O)Cc2noc3ccccc23)n1C1CCCC1. The molecule has 8 heteroatoms. The fraction of sp³-hybridized carbons (Fsp3) is 0.500. The van der Waals surface area contributed by atoms with E-state index in [2.05, 4.69) is 25.2 Å². The highest BCUT2D eigenvalue weighted by molar-refractivity contribution is 7.98. The third-order valence-electron chi connectivity index (χ3n) is 5.29. The van der Waals surface area contributed by atoms with Gasteiger partial charge in [0.05, 0.1) is 6.42 Å². The van der Waals surface area contributed by atoms with E-state index in [1.165, 1.54) is 25.7 Å². The van der Waals surface area contributed by atoms with Crippen LogP contribution in [0.5, 0.6) is 0 Å². The van der Waals surface area contributed by atoms with Gasteiger partial charge in [-0.05, 0) is 37.7 Å². The summed E-state index contributed by atoms with van der Waals surface area (Å²) in [5.74, 6) is 0.995. The maximum Gasteiger partial charge on any atom is 0.226 e. The molecule has 1 aromatic carbocycles. The van der Waals surface area contributed by atoms with Gasteiger partial charge in [0.1, 0.15) is 11.5 Å². The molecule has 0 aliphatic heterocycles. The lowest BCUT2D eigenvalue weighted by atomic mass is 10.1. The molecule has 148 valence electrons. The van der Waals surface area contributed by atoms with Gasteiger partial charge < -0.3 is 14.4 Å². The number of carbonyl (C=O) groups excluding carboxylic acids is 1. The van der Waals surface area contributed by atoms with Crippen LogP contribution in [0.15, 0.2) is 33.9 Å². The topological polar surface area (TPSA) is 85.8 Å². The van der Waals surface area contributed by atoms with Crippen molar-refractivity contribution in [1.29, 1.82) is 0 Å². The smallest absolute Gasteiger partial charge is 0.226 e. The molecular formula is C20H25N5O2S. The van der Waals surface area contributed by atoms with Crippen LogP contribution in [0.25, 0.3) is 11.0 Å². The van der Waals surface area contributed by atoms with Crippen molar-refractivity contribution < 1.29 is 9.32 Å². The van der Waals surface area contributed by atoms with Crippen LogP contribution in [-0.4, -0.2) is 38.6 Å². The van der Waals surface area contributed by atoms with Gasteiger partial charge in [-0.25, -0.2) is 0 Å². The van der Waals surface area contributed by atoms with Crippen LogP contribution in [0.4, 0.5) is 0 Å². The van der Waals surface area contributed by atoms with Crippen molar-refractivity contribution >= 4 is 28.6 Å². The quantitative estimate of drug-likeness (QED) is 0.460. The normalized spacial score (nSPS) is 14.8. The predicted molar refractivity (Wildman–Crippen MR) is 108 cm³/mol. The first-order chi connectivity index (χ1) is 13.8. The third kappa shape index (κ3) is 4.06. The lowest BCUT2D eigenvalue weighted by Gasteiger charge is -2.16. The number of aryl methyl sites for hydroxylation is 1. The van der Waals surface area contributed by atoms with Gasteiger partial charge in [-0.2, -0.15) is 0 Å². The molecule has 0 radical (unpaired) electrons. The molecule has 1 saturated carbocycles. The number of para-hydroxylation sites is 1. The lowest BCUT2D eigenvalue weighted by molar-refractivity contribution is -0.120. The average Bonchev–Trinajstić information content (AvgIpc) is 3.45. The van der Waals surface area contributed by atoms with Crippen LogP contribution >= 0.6 is 11.8 Å². The number of nitrogens with zero attached hydrogens (tertiary/aromatic N) is 4. The van der Waals surface area contributed by atoms with Crippen molar-refractivity contribution in [3.63, 3.8) is 0 Å². The summed E-state index contributed by atoms with van der Waals surface area (Å²) in [7, 11) is 0. The Bertz CT molecular complexity index is 945. The molecule has 1 fully saturated rings. The van der Waals surface area contributed by atoms with Gasteiger partial charge in [-0.15, -0.1) is 10.2 Å². The number of rotatable bonds is 8. The lowest BCUT2D eigenvalue weighted by Crippen LogP contribution is -2.26. The van der Waals surface area contributed by atoms with E-state index in [1.54, 1.807) is 11.8 Å². The van der Waals surface area contributed by atoms with Gasteiger partial charge in [0.2, 0.25) is 5.91 Å². The van der Waals surface area contributed by atoms with Crippen molar-refractivity contribution in [3.8, 4) is 0 Å². The van der Waals surface area contributed by atoms with Gasteiger partial charge in [-0.3, -0.25) is 4.79 Å². The molecule has 2 aromatic heterocycles. The largest absolute Gasteiger partial charge is 0.356 e. The minimum Gasteiger partial charge on any atom is -0.356 e. The van der Waals surface area contributed by atoms with Crippen molar-refractivity contribution in [2.24, 2.45) is 0 Å². The minimum absolute atomic E-state index is 0.0406. The highest BCUT2D eigenvalue weighted by Crippen LogP contribution is 2.33. The summed E-state index contributed by atoms with van der Waals surface area (Å²) in [4.78, 5) is 12.3. The van der Waals surface area contributed by atoms with E-state index in [1.807, 2.05) is 30.5 Å². The second-order valence-corrected chi connectivity index (χ2v) is 7.94. The van der Waals surface area contributed by atoms with Crippen molar-refractivity contribution in [2.75, 3.05) is 12.8 Å². The standard InChI is InChI=1S/C20H25N5O2S/c1-28-20-23-22-18(25(20)14-7-2-3-8-14)11-6-12-21-19(26)13-16-15-9-4-5-10-17(15)27-24-16/h4-5,9-10,14H,2-3,6-8,11-13H2,1H3,(H,21,26). The molecule has 28 heavy (non-hydrogen) atoms. The van der Waals surface area contributed by atoms with Gasteiger partial charge >= 0.3 is 0 Å². The van der Waals surface area contributed by atoms with E-state index >= 15 is 0 Å². The van der Waals surface area contributed by atoms with E-state index in [0.29, 0.717) is 23.9 Å².